The van der Waals surface area contributed by atoms with Crippen LogP contribution in [0.2, 0.25) is 0 Å². The van der Waals surface area contributed by atoms with Gasteiger partial charge in [0.25, 0.3) is 0 Å². The summed E-state index contributed by atoms with van der Waals surface area (Å²) in [5, 5.41) is 0. The van der Waals surface area contributed by atoms with Crippen molar-refractivity contribution in [3.63, 3.8) is 0 Å². The van der Waals surface area contributed by atoms with Crippen LogP contribution in [-0.2, 0) is 21.9 Å². The highest BCUT2D eigenvalue weighted by molar-refractivity contribution is 7.88. The summed E-state index contributed by atoms with van der Waals surface area (Å²) in [6, 6.07) is 4.54. The molecule has 0 amide bonds. The first-order valence-electron chi connectivity index (χ1n) is 10.9. The largest absolute Gasteiger partial charge is 0.345 e. The van der Waals surface area contributed by atoms with Crippen LogP contribution in [0, 0.1) is 22.7 Å². The predicted molar refractivity (Wildman–Crippen MR) is 116 cm³/mol. The van der Waals surface area contributed by atoms with Gasteiger partial charge in [0.1, 0.15) is 0 Å². The zero-order valence-corrected chi connectivity index (χ0v) is 19.0. The van der Waals surface area contributed by atoms with E-state index in [2.05, 4.69) is 54.5 Å². The molecule has 2 aromatic rings. The Bertz CT molecular complexity index is 1090. The summed E-state index contributed by atoms with van der Waals surface area (Å²) in [5.74, 6) is 1.08. The van der Waals surface area contributed by atoms with Crippen LogP contribution in [0.1, 0.15) is 64.5 Å². The molecule has 5 rings (SSSR count). The molecule has 3 aliphatic carbocycles. The van der Waals surface area contributed by atoms with Gasteiger partial charge in [0.05, 0.1) is 23.6 Å². The van der Waals surface area contributed by atoms with Gasteiger partial charge in [-0.3, -0.25) is 0 Å². The lowest BCUT2D eigenvalue weighted by Gasteiger charge is -2.63. The normalized spacial score (nSPS) is 38.4. The van der Waals surface area contributed by atoms with E-state index in [1.807, 2.05) is 6.33 Å². The molecule has 5 nitrogen and oxygen atoms in total. The maximum atomic E-state index is 12.0. The standard InChI is InChI=1S/C23H33N3O2S/c1-21(2)17-8-10-22(3)15-6-7-16-20(25-13-24-16)14(15)12-18(22)23(17,4)11-9-19(21)26-29(5,27)28/h6-7,13,17-19,26H,8-12H2,1-5H3,(H,24,25). The molecule has 0 saturated heterocycles. The van der Waals surface area contributed by atoms with Gasteiger partial charge in [-0.1, -0.05) is 33.8 Å². The van der Waals surface area contributed by atoms with Crippen LogP contribution in [0.3, 0.4) is 0 Å². The molecule has 6 heteroatoms. The molecule has 2 saturated carbocycles. The van der Waals surface area contributed by atoms with Crippen LogP contribution >= 0.6 is 0 Å². The van der Waals surface area contributed by atoms with Gasteiger partial charge in [0.2, 0.25) is 10.0 Å². The molecule has 0 bridgehead atoms. The fraction of sp³-hybridized carbons (Fsp3) is 0.696. The third kappa shape index (κ3) is 2.61. The molecular weight excluding hydrogens is 382 g/mol. The number of fused-ring (bicyclic) bond motifs is 7. The van der Waals surface area contributed by atoms with E-state index in [-0.39, 0.29) is 22.3 Å². The van der Waals surface area contributed by atoms with E-state index in [0.717, 1.165) is 43.1 Å². The highest BCUT2D eigenvalue weighted by Crippen LogP contribution is 2.67. The van der Waals surface area contributed by atoms with Gasteiger partial charge in [0, 0.05) is 6.04 Å². The van der Waals surface area contributed by atoms with Gasteiger partial charge >= 0.3 is 0 Å². The summed E-state index contributed by atoms with van der Waals surface area (Å²) in [6.45, 7) is 9.53. The molecule has 2 fully saturated rings. The number of hydrogen-bond acceptors (Lipinski definition) is 3. The van der Waals surface area contributed by atoms with Crippen molar-refractivity contribution >= 4 is 21.1 Å². The molecule has 0 radical (unpaired) electrons. The Labute approximate surface area is 174 Å². The van der Waals surface area contributed by atoms with Crippen molar-refractivity contribution in [1.29, 1.82) is 0 Å². The zero-order chi connectivity index (χ0) is 20.8. The fourth-order valence-corrected chi connectivity index (χ4v) is 8.76. The summed E-state index contributed by atoms with van der Waals surface area (Å²) in [4.78, 5) is 7.93. The van der Waals surface area contributed by atoms with Crippen molar-refractivity contribution in [1.82, 2.24) is 14.7 Å². The molecule has 158 valence electrons. The molecule has 5 unspecified atom stereocenters. The summed E-state index contributed by atoms with van der Waals surface area (Å²) in [6.07, 6.45) is 8.48. The van der Waals surface area contributed by atoms with E-state index in [0.29, 0.717) is 11.8 Å². The first-order chi connectivity index (χ1) is 13.5. The number of benzene rings is 1. The summed E-state index contributed by atoms with van der Waals surface area (Å²) < 4.78 is 26.9. The number of hydrogen-bond donors (Lipinski definition) is 2. The Morgan fingerprint density at radius 2 is 1.86 bits per heavy atom. The van der Waals surface area contributed by atoms with Crippen LogP contribution in [0.5, 0.6) is 0 Å². The Kier molecular flexibility index (Phi) is 3.94. The average molecular weight is 416 g/mol. The van der Waals surface area contributed by atoms with Gasteiger partial charge in [-0.2, -0.15) is 0 Å². The molecular formula is C23H33N3O2S. The van der Waals surface area contributed by atoms with Crippen molar-refractivity contribution in [3.05, 3.63) is 29.6 Å². The summed E-state index contributed by atoms with van der Waals surface area (Å²) >= 11 is 0. The molecule has 0 spiro atoms. The second-order valence-corrected chi connectivity index (χ2v) is 12.7. The lowest BCUT2D eigenvalue weighted by Crippen LogP contribution is -2.61. The third-order valence-electron chi connectivity index (χ3n) is 9.16. The lowest BCUT2D eigenvalue weighted by atomic mass is 9.43. The predicted octanol–water partition coefficient (Wildman–Crippen LogP) is 4.15. The number of imidazole rings is 1. The monoisotopic (exact) mass is 415 g/mol. The van der Waals surface area contributed by atoms with Gasteiger partial charge in [-0.15, -0.1) is 0 Å². The second-order valence-electron chi connectivity index (χ2n) is 11.0. The number of aromatic amines is 1. The fourth-order valence-electron chi connectivity index (χ4n) is 7.82. The summed E-state index contributed by atoms with van der Waals surface area (Å²) in [5.41, 5.74) is 5.53. The van der Waals surface area contributed by atoms with E-state index in [1.54, 1.807) is 0 Å². The van der Waals surface area contributed by atoms with Crippen LogP contribution in [0.4, 0.5) is 0 Å². The minimum absolute atomic E-state index is 0.0155. The minimum atomic E-state index is -3.21. The number of nitrogens with zero attached hydrogens (tertiary/aromatic N) is 1. The minimum Gasteiger partial charge on any atom is -0.345 e. The molecule has 1 aromatic carbocycles. The molecule has 1 aromatic heterocycles. The molecule has 5 atom stereocenters. The number of nitrogens with one attached hydrogen (secondary N) is 2. The number of aromatic nitrogens is 2. The first kappa shape index (κ1) is 19.6. The molecule has 0 aliphatic heterocycles. The highest BCUT2D eigenvalue weighted by Gasteiger charge is 2.63. The lowest BCUT2D eigenvalue weighted by molar-refractivity contribution is -0.109. The molecule has 29 heavy (non-hydrogen) atoms. The van der Waals surface area contributed by atoms with E-state index < -0.39 is 10.0 Å². The van der Waals surface area contributed by atoms with Crippen LogP contribution in [0.15, 0.2) is 18.5 Å². The topological polar surface area (TPSA) is 74.8 Å². The van der Waals surface area contributed by atoms with E-state index in [9.17, 15) is 8.42 Å². The number of sulfonamides is 1. The Balaban J connectivity index is 1.56. The van der Waals surface area contributed by atoms with Gasteiger partial charge < -0.3 is 4.98 Å². The van der Waals surface area contributed by atoms with Crippen molar-refractivity contribution in [2.45, 2.75) is 71.3 Å². The van der Waals surface area contributed by atoms with Crippen LogP contribution < -0.4 is 4.72 Å². The maximum absolute atomic E-state index is 12.0. The Morgan fingerprint density at radius 3 is 2.59 bits per heavy atom. The van der Waals surface area contributed by atoms with E-state index >= 15 is 0 Å². The molecule has 2 N–H and O–H groups in total. The Hall–Kier alpha value is -1.40. The third-order valence-corrected chi connectivity index (χ3v) is 9.87. The quantitative estimate of drug-likeness (QED) is 0.774. The van der Waals surface area contributed by atoms with Crippen molar-refractivity contribution in [3.8, 4) is 0 Å². The van der Waals surface area contributed by atoms with E-state index in [4.69, 9.17) is 0 Å². The SMILES string of the molecule is CC12CCC3C(C)(C)C(NS(C)(=O)=O)CCC3(C)C1Cc1c2ccc2[nH]cnc12. The van der Waals surface area contributed by atoms with Gasteiger partial charge in [0.15, 0.2) is 0 Å². The van der Waals surface area contributed by atoms with Crippen LogP contribution in [-0.4, -0.2) is 30.7 Å². The smallest absolute Gasteiger partial charge is 0.208 e. The van der Waals surface area contributed by atoms with Crippen molar-refractivity contribution < 1.29 is 8.42 Å². The second kappa shape index (κ2) is 5.85. The zero-order valence-electron chi connectivity index (χ0n) is 18.2. The van der Waals surface area contributed by atoms with E-state index in [1.165, 1.54) is 17.4 Å². The average Bonchev–Trinajstić information content (AvgIpc) is 3.19. The first-order valence-corrected chi connectivity index (χ1v) is 12.8. The van der Waals surface area contributed by atoms with Gasteiger partial charge in [-0.05, 0) is 77.4 Å². The van der Waals surface area contributed by atoms with Crippen LogP contribution in [0.25, 0.3) is 11.0 Å². The van der Waals surface area contributed by atoms with Crippen molar-refractivity contribution in [2.75, 3.05) is 6.26 Å². The number of H-pyrrole nitrogens is 1. The Morgan fingerprint density at radius 1 is 1.10 bits per heavy atom. The summed E-state index contributed by atoms with van der Waals surface area (Å²) in [7, 11) is -3.21. The highest BCUT2D eigenvalue weighted by atomic mass is 32.2. The molecule has 3 aliphatic rings. The molecule has 1 heterocycles. The van der Waals surface area contributed by atoms with Crippen molar-refractivity contribution in [2.24, 2.45) is 22.7 Å². The number of rotatable bonds is 2. The van der Waals surface area contributed by atoms with Gasteiger partial charge in [-0.25, -0.2) is 18.1 Å². The maximum Gasteiger partial charge on any atom is 0.208 e.